The van der Waals surface area contributed by atoms with Crippen LogP contribution in [0, 0.1) is 11.6 Å². The van der Waals surface area contributed by atoms with Crippen LogP contribution in [0.2, 0.25) is 0 Å². The largest absolute Gasteiger partial charge is 0.335 e. The molecule has 0 radical (unpaired) electrons. The summed E-state index contributed by atoms with van der Waals surface area (Å²) in [6.07, 6.45) is 3.15. The van der Waals surface area contributed by atoms with Crippen molar-refractivity contribution in [1.82, 2.24) is 9.55 Å². The zero-order chi connectivity index (χ0) is 14.0. The van der Waals surface area contributed by atoms with Crippen LogP contribution in [0.25, 0.3) is 0 Å². The number of rotatable bonds is 4. The van der Waals surface area contributed by atoms with Crippen molar-refractivity contribution < 1.29 is 13.6 Å². The van der Waals surface area contributed by atoms with E-state index in [0.717, 1.165) is 12.1 Å². The van der Waals surface area contributed by atoms with Crippen molar-refractivity contribution in [1.29, 1.82) is 0 Å². The van der Waals surface area contributed by atoms with Gasteiger partial charge in [0.25, 0.3) is 0 Å². The topological polar surface area (TPSA) is 34.9 Å². The summed E-state index contributed by atoms with van der Waals surface area (Å²) < 4.78 is 29.3. The predicted molar refractivity (Wildman–Crippen MR) is 70.0 cm³/mol. The van der Waals surface area contributed by atoms with Crippen LogP contribution in [0.1, 0.15) is 23.1 Å². The maximum atomic E-state index is 13.7. The molecule has 1 aromatic carbocycles. The third kappa shape index (κ3) is 2.89. The SMILES string of the molecule is CCn1ccnc1CC(=O)c1c(F)cc(Br)cc1F. The summed E-state index contributed by atoms with van der Waals surface area (Å²) in [5, 5.41) is 0. The molecule has 1 heterocycles. The Morgan fingerprint density at radius 1 is 1.37 bits per heavy atom. The van der Waals surface area contributed by atoms with Crippen LogP contribution < -0.4 is 0 Å². The number of carbonyl (C=O) groups is 1. The summed E-state index contributed by atoms with van der Waals surface area (Å²) in [7, 11) is 0. The fourth-order valence-corrected chi connectivity index (χ4v) is 2.24. The highest BCUT2D eigenvalue weighted by Gasteiger charge is 2.20. The molecule has 0 amide bonds. The van der Waals surface area contributed by atoms with Crippen LogP contribution in [-0.4, -0.2) is 15.3 Å². The highest BCUT2D eigenvalue weighted by atomic mass is 79.9. The quantitative estimate of drug-likeness (QED) is 0.806. The molecule has 0 aliphatic rings. The molecule has 100 valence electrons. The van der Waals surface area contributed by atoms with Gasteiger partial charge in [-0.15, -0.1) is 0 Å². The lowest BCUT2D eigenvalue weighted by molar-refractivity contribution is 0.0981. The van der Waals surface area contributed by atoms with Crippen molar-refractivity contribution in [3.63, 3.8) is 0 Å². The number of aromatic nitrogens is 2. The van der Waals surface area contributed by atoms with Gasteiger partial charge in [0.15, 0.2) is 5.78 Å². The minimum atomic E-state index is -0.869. The molecule has 0 spiro atoms. The molecule has 0 saturated carbocycles. The monoisotopic (exact) mass is 328 g/mol. The number of hydrogen-bond acceptors (Lipinski definition) is 2. The van der Waals surface area contributed by atoms with E-state index in [-0.39, 0.29) is 10.9 Å². The summed E-state index contributed by atoms with van der Waals surface area (Å²) in [4.78, 5) is 16.0. The Morgan fingerprint density at radius 3 is 2.58 bits per heavy atom. The van der Waals surface area contributed by atoms with E-state index in [1.165, 1.54) is 0 Å². The lowest BCUT2D eigenvalue weighted by atomic mass is 10.1. The molecule has 1 aromatic heterocycles. The van der Waals surface area contributed by atoms with E-state index in [4.69, 9.17) is 0 Å². The predicted octanol–water partition coefficient (Wildman–Crippen LogP) is 3.37. The fourth-order valence-electron chi connectivity index (χ4n) is 1.84. The van der Waals surface area contributed by atoms with Crippen LogP contribution >= 0.6 is 15.9 Å². The summed E-state index contributed by atoms with van der Waals surface area (Å²) >= 11 is 2.97. The number of ketones is 1. The van der Waals surface area contributed by atoms with Crippen molar-refractivity contribution in [2.45, 2.75) is 19.9 Å². The van der Waals surface area contributed by atoms with E-state index in [1.807, 2.05) is 6.92 Å². The Labute approximate surface area is 117 Å². The Balaban J connectivity index is 2.31. The van der Waals surface area contributed by atoms with Gasteiger partial charge in [0.2, 0.25) is 0 Å². The molecular formula is C13H11BrF2N2O. The highest BCUT2D eigenvalue weighted by molar-refractivity contribution is 9.10. The third-order valence-corrected chi connectivity index (χ3v) is 3.20. The summed E-state index contributed by atoms with van der Waals surface area (Å²) in [6.45, 7) is 2.55. The molecule has 2 rings (SSSR count). The van der Waals surface area contributed by atoms with Crippen LogP contribution in [0.3, 0.4) is 0 Å². The van der Waals surface area contributed by atoms with Crippen LogP contribution in [0.15, 0.2) is 29.0 Å². The number of aryl methyl sites for hydroxylation is 1. The molecule has 0 saturated heterocycles. The van der Waals surface area contributed by atoms with Crippen molar-refractivity contribution in [2.75, 3.05) is 0 Å². The maximum Gasteiger partial charge on any atom is 0.176 e. The van der Waals surface area contributed by atoms with E-state index in [2.05, 4.69) is 20.9 Å². The van der Waals surface area contributed by atoms with Crippen molar-refractivity contribution in [2.24, 2.45) is 0 Å². The average molecular weight is 329 g/mol. The first kappa shape index (κ1) is 13.9. The number of nitrogens with zero attached hydrogens (tertiary/aromatic N) is 2. The fraction of sp³-hybridized carbons (Fsp3) is 0.231. The molecule has 0 unspecified atom stereocenters. The number of imidazole rings is 1. The summed E-state index contributed by atoms with van der Waals surface area (Å²) in [5.41, 5.74) is -0.520. The second-order valence-corrected chi connectivity index (χ2v) is 4.89. The lowest BCUT2D eigenvalue weighted by Crippen LogP contribution is -2.13. The molecule has 0 N–H and O–H groups in total. The van der Waals surface area contributed by atoms with Gasteiger partial charge in [0.1, 0.15) is 17.5 Å². The van der Waals surface area contributed by atoms with E-state index in [0.29, 0.717) is 12.4 Å². The smallest absolute Gasteiger partial charge is 0.176 e. The van der Waals surface area contributed by atoms with E-state index in [9.17, 15) is 13.6 Å². The Kier molecular flexibility index (Phi) is 4.09. The first-order valence-corrected chi connectivity index (χ1v) is 6.50. The van der Waals surface area contributed by atoms with Gasteiger partial charge in [-0.3, -0.25) is 4.79 Å². The van der Waals surface area contributed by atoms with E-state index in [1.54, 1.807) is 17.0 Å². The number of halogens is 3. The Hall–Kier alpha value is -1.56. The van der Waals surface area contributed by atoms with E-state index >= 15 is 0 Å². The molecule has 0 bridgehead atoms. The second-order valence-electron chi connectivity index (χ2n) is 3.97. The molecular weight excluding hydrogens is 318 g/mol. The molecule has 3 nitrogen and oxygen atoms in total. The zero-order valence-corrected chi connectivity index (χ0v) is 11.7. The van der Waals surface area contributed by atoms with Gasteiger partial charge in [-0.1, -0.05) is 15.9 Å². The molecule has 0 fully saturated rings. The lowest BCUT2D eigenvalue weighted by Gasteiger charge is -2.06. The van der Waals surface area contributed by atoms with Crippen LogP contribution in [-0.2, 0) is 13.0 Å². The summed E-state index contributed by atoms with van der Waals surface area (Å²) in [6, 6.07) is 2.14. The first-order chi connectivity index (χ1) is 9.02. The minimum absolute atomic E-state index is 0.129. The minimum Gasteiger partial charge on any atom is -0.335 e. The van der Waals surface area contributed by atoms with Gasteiger partial charge in [0, 0.05) is 23.4 Å². The van der Waals surface area contributed by atoms with Gasteiger partial charge in [-0.2, -0.15) is 0 Å². The van der Waals surface area contributed by atoms with Crippen molar-refractivity contribution in [3.05, 3.63) is 52.0 Å². The molecule has 2 aromatic rings. The van der Waals surface area contributed by atoms with E-state index < -0.39 is 23.0 Å². The Morgan fingerprint density at radius 2 is 2.00 bits per heavy atom. The molecule has 0 aliphatic heterocycles. The van der Waals surface area contributed by atoms with Gasteiger partial charge in [-0.25, -0.2) is 13.8 Å². The zero-order valence-electron chi connectivity index (χ0n) is 10.2. The summed E-state index contributed by atoms with van der Waals surface area (Å²) in [5.74, 6) is -1.87. The van der Waals surface area contributed by atoms with Gasteiger partial charge in [-0.05, 0) is 19.1 Å². The maximum absolute atomic E-state index is 13.7. The van der Waals surface area contributed by atoms with Crippen molar-refractivity contribution >= 4 is 21.7 Å². The molecule has 0 atom stereocenters. The highest BCUT2D eigenvalue weighted by Crippen LogP contribution is 2.20. The number of Topliss-reactive ketones (excluding diaryl/α,β-unsaturated/α-hetero) is 1. The first-order valence-electron chi connectivity index (χ1n) is 5.70. The number of benzene rings is 1. The third-order valence-electron chi connectivity index (χ3n) is 2.75. The van der Waals surface area contributed by atoms with Crippen molar-refractivity contribution in [3.8, 4) is 0 Å². The Bertz CT molecular complexity index is 602. The number of hydrogen-bond donors (Lipinski definition) is 0. The van der Waals surface area contributed by atoms with Crippen LogP contribution in [0.5, 0.6) is 0 Å². The number of carbonyl (C=O) groups excluding carboxylic acids is 1. The standard InChI is InChI=1S/C13H11BrF2N2O/c1-2-18-4-3-17-12(18)7-11(19)13-9(15)5-8(14)6-10(13)16/h3-6H,2,7H2,1H3. The van der Waals surface area contributed by atoms with Gasteiger partial charge >= 0.3 is 0 Å². The molecule has 6 heteroatoms. The molecule has 19 heavy (non-hydrogen) atoms. The van der Waals surface area contributed by atoms with Gasteiger partial charge in [0.05, 0.1) is 12.0 Å². The van der Waals surface area contributed by atoms with Gasteiger partial charge < -0.3 is 4.57 Å². The second kappa shape index (κ2) is 5.61. The normalized spacial score (nSPS) is 10.7. The van der Waals surface area contributed by atoms with Crippen LogP contribution in [0.4, 0.5) is 8.78 Å². The molecule has 0 aliphatic carbocycles. The average Bonchev–Trinajstić information content (AvgIpc) is 2.74.